The van der Waals surface area contributed by atoms with E-state index in [-0.39, 0.29) is 0 Å². The lowest BCUT2D eigenvalue weighted by Crippen LogP contribution is -2.11. The van der Waals surface area contributed by atoms with E-state index in [1.54, 1.807) is 0 Å². The molecule has 9 aromatic carbocycles. The minimum atomic E-state index is 1.12. The van der Waals surface area contributed by atoms with Crippen molar-refractivity contribution in [3.05, 3.63) is 218 Å². The number of rotatable bonds is 8. The van der Waals surface area contributed by atoms with Crippen LogP contribution in [0.4, 0.5) is 34.1 Å². The Hall–Kier alpha value is -6.98. The molecular weight excluding hydrogens is 741 g/mol. The van der Waals surface area contributed by atoms with Crippen molar-refractivity contribution in [3.63, 3.8) is 0 Å². The normalized spacial score (nSPS) is 11.4. The van der Waals surface area contributed by atoms with Crippen molar-refractivity contribution in [2.75, 3.05) is 9.80 Å². The van der Waals surface area contributed by atoms with Crippen LogP contribution in [0.25, 0.3) is 62.6 Å². The number of hydrogen-bond acceptors (Lipinski definition) is 4. The van der Waals surface area contributed by atoms with Crippen molar-refractivity contribution < 1.29 is 0 Å². The van der Waals surface area contributed by atoms with Crippen molar-refractivity contribution in [1.29, 1.82) is 0 Å². The summed E-state index contributed by atoms with van der Waals surface area (Å²) in [5, 5.41) is 5.11. The van der Waals surface area contributed by atoms with Gasteiger partial charge in [0.15, 0.2) is 0 Å². The Balaban J connectivity index is 1.16. The molecule has 2 nitrogen and oxygen atoms in total. The average molecular weight is 777 g/mol. The summed E-state index contributed by atoms with van der Waals surface area (Å²) in [5.74, 6) is 0. The fourth-order valence-corrected chi connectivity index (χ4v) is 11.0. The van der Waals surface area contributed by atoms with Gasteiger partial charge in [0, 0.05) is 68.7 Å². The molecule has 0 radical (unpaired) electrons. The summed E-state index contributed by atoms with van der Waals surface area (Å²) in [6.07, 6.45) is 0. The number of benzene rings is 9. The summed E-state index contributed by atoms with van der Waals surface area (Å²) in [6, 6.07) is 79.2. The summed E-state index contributed by atoms with van der Waals surface area (Å²) < 4.78 is 5.14. The average Bonchev–Trinajstić information content (AvgIpc) is 3.87. The van der Waals surface area contributed by atoms with Crippen molar-refractivity contribution in [1.82, 2.24) is 0 Å². The molecule has 0 N–H and O–H groups in total. The summed E-state index contributed by atoms with van der Waals surface area (Å²) >= 11 is 3.77. The van der Waals surface area contributed by atoms with Gasteiger partial charge in [-0.3, -0.25) is 0 Å². The molecule has 11 rings (SSSR count). The second kappa shape index (κ2) is 14.5. The van der Waals surface area contributed by atoms with Crippen LogP contribution in [0.5, 0.6) is 0 Å². The van der Waals surface area contributed by atoms with Gasteiger partial charge in [-0.15, -0.1) is 22.7 Å². The zero-order valence-electron chi connectivity index (χ0n) is 31.5. The third kappa shape index (κ3) is 5.85. The Morgan fingerprint density at radius 2 is 0.776 bits per heavy atom. The summed E-state index contributed by atoms with van der Waals surface area (Å²) in [7, 11) is 0. The predicted molar refractivity (Wildman–Crippen MR) is 252 cm³/mol. The molecule has 2 aromatic heterocycles. The van der Waals surface area contributed by atoms with E-state index in [0.29, 0.717) is 0 Å². The molecule has 4 heteroatoms. The van der Waals surface area contributed by atoms with Crippen LogP contribution in [0.2, 0.25) is 0 Å². The van der Waals surface area contributed by atoms with Crippen molar-refractivity contribution in [3.8, 4) is 22.3 Å². The quantitative estimate of drug-likeness (QED) is 0.152. The fourth-order valence-electron chi connectivity index (χ4n) is 8.47. The van der Waals surface area contributed by atoms with E-state index in [1.807, 2.05) is 22.7 Å². The number of hydrogen-bond donors (Lipinski definition) is 0. The monoisotopic (exact) mass is 776 g/mol. The topological polar surface area (TPSA) is 6.48 Å². The Bertz CT molecular complexity index is 3150. The molecule has 0 spiro atoms. The summed E-state index contributed by atoms with van der Waals surface area (Å²) in [6.45, 7) is 0. The number of nitrogens with zero attached hydrogens (tertiary/aromatic N) is 2. The highest BCUT2D eigenvalue weighted by Gasteiger charge is 2.24. The first-order valence-corrected chi connectivity index (χ1v) is 21.2. The highest BCUT2D eigenvalue weighted by molar-refractivity contribution is 7.26. The first-order valence-electron chi connectivity index (χ1n) is 19.6. The van der Waals surface area contributed by atoms with Gasteiger partial charge in [-0.05, 0) is 95.6 Å². The third-order valence-corrected chi connectivity index (χ3v) is 13.4. The summed E-state index contributed by atoms with van der Waals surface area (Å²) in [4.78, 5) is 4.81. The largest absolute Gasteiger partial charge is 0.310 e. The van der Waals surface area contributed by atoms with E-state index >= 15 is 0 Å². The Labute approximate surface area is 345 Å². The molecule has 11 aromatic rings. The van der Waals surface area contributed by atoms with Gasteiger partial charge < -0.3 is 9.80 Å². The van der Waals surface area contributed by atoms with Crippen LogP contribution in [0.3, 0.4) is 0 Å². The van der Waals surface area contributed by atoms with E-state index in [9.17, 15) is 0 Å². The molecule has 58 heavy (non-hydrogen) atoms. The minimum Gasteiger partial charge on any atom is -0.310 e. The van der Waals surface area contributed by atoms with Crippen LogP contribution in [-0.2, 0) is 0 Å². The molecule has 0 aliphatic heterocycles. The van der Waals surface area contributed by atoms with Crippen LogP contribution < -0.4 is 9.80 Å². The van der Waals surface area contributed by atoms with Gasteiger partial charge in [-0.2, -0.15) is 0 Å². The Morgan fingerprint density at radius 1 is 0.310 bits per heavy atom. The number of para-hydroxylation sites is 4. The van der Waals surface area contributed by atoms with Gasteiger partial charge in [0.2, 0.25) is 0 Å². The van der Waals surface area contributed by atoms with E-state index < -0.39 is 0 Å². The standard InChI is InChI=1S/C54H36N2S2/c1-5-20-39(21-6-1)55(40-22-7-2-8-23-40)47-35-33-45-44-28-13-15-30-49(44)57-54(45)51(47)38-19-17-18-37(36-38)43-32-34-48(52-46-29-14-16-31-50(46)58-53(43)52)56(41-24-9-3-10-25-41)42-26-11-4-12-27-42/h1-36H. The van der Waals surface area contributed by atoms with E-state index in [2.05, 4.69) is 228 Å². The molecule has 274 valence electrons. The van der Waals surface area contributed by atoms with Crippen molar-refractivity contribution >= 4 is 97.1 Å². The fraction of sp³-hybridized carbons (Fsp3) is 0. The molecule has 0 fully saturated rings. The SMILES string of the molecule is c1ccc(N(c2ccccc2)c2ccc3c(sc4ccccc43)c2-c2cccc(-c3ccc(N(c4ccccc4)c4ccccc4)c4c3sc3ccccc34)c2)cc1. The molecule has 0 saturated carbocycles. The Morgan fingerprint density at radius 3 is 1.38 bits per heavy atom. The maximum atomic E-state index is 2.42. The van der Waals surface area contributed by atoms with E-state index in [4.69, 9.17) is 0 Å². The lowest BCUT2D eigenvalue weighted by atomic mass is 9.94. The van der Waals surface area contributed by atoms with Crippen LogP contribution in [0, 0.1) is 0 Å². The van der Waals surface area contributed by atoms with Gasteiger partial charge >= 0.3 is 0 Å². The first-order chi connectivity index (χ1) is 28.8. The van der Waals surface area contributed by atoms with E-state index in [1.165, 1.54) is 68.3 Å². The molecule has 0 aliphatic rings. The van der Waals surface area contributed by atoms with Crippen LogP contribution in [0.15, 0.2) is 218 Å². The minimum absolute atomic E-state index is 1.12. The Kier molecular flexibility index (Phi) is 8.58. The second-order valence-electron chi connectivity index (χ2n) is 14.5. The third-order valence-electron chi connectivity index (χ3n) is 11.0. The molecule has 0 saturated heterocycles. The lowest BCUT2D eigenvalue weighted by Gasteiger charge is -2.28. The molecule has 0 amide bonds. The van der Waals surface area contributed by atoms with Crippen molar-refractivity contribution in [2.45, 2.75) is 0 Å². The maximum Gasteiger partial charge on any atom is 0.0555 e. The van der Waals surface area contributed by atoms with Gasteiger partial charge in [-0.1, -0.05) is 140 Å². The lowest BCUT2D eigenvalue weighted by molar-refractivity contribution is 1.29. The molecule has 0 unspecified atom stereocenters. The predicted octanol–water partition coefficient (Wildman–Crippen LogP) is 16.7. The number of thiophene rings is 2. The zero-order valence-corrected chi connectivity index (χ0v) is 33.1. The number of fused-ring (bicyclic) bond motifs is 6. The highest BCUT2D eigenvalue weighted by atomic mass is 32.1. The van der Waals surface area contributed by atoms with Crippen LogP contribution in [0.1, 0.15) is 0 Å². The molecule has 0 aliphatic carbocycles. The highest BCUT2D eigenvalue weighted by Crippen LogP contribution is 2.51. The molecular formula is C54H36N2S2. The number of anilines is 6. The molecule has 0 atom stereocenters. The molecule has 2 heterocycles. The smallest absolute Gasteiger partial charge is 0.0555 e. The maximum absolute atomic E-state index is 2.42. The summed E-state index contributed by atoms with van der Waals surface area (Å²) in [5.41, 5.74) is 11.7. The van der Waals surface area contributed by atoms with Crippen molar-refractivity contribution in [2.24, 2.45) is 0 Å². The van der Waals surface area contributed by atoms with Gasteiger partial charge in [-0.25, -0.2) is 0 Å². The van der Waals surface area contributed by atoms with Crippen LogP contribution in [-0.4, -0.2) is 0 Å². The zero-order chi connectivity index (χ0) is 38.4. The van der Waals surface area contributed by atoms with Gasteiger partial charge in [0.05, 0.1) is 11.4 Å². The van der Waals surface area contributed by atoms with Crippen LogP contribution >= 0.6 is 22.7 Å². The first kappa shape index (κ1) is 34.3. The molecule has 0 bridgehead atoms. The van der Waals surface area contributed by atoms with E-state index in [0.717, 1.165) is 28.4 Å². The van der Waals surface area contributed by atoms with Gasteiger partial charge in [0.1, 0.15) is 0 Å². The second-order valence-corrected chi connectivity index (χ2v) is 16.6. The van der Waals surface area contributed by atoms with Gasteiger partial charge in [0.25, 0.3) is 0 Å².